The molecule has 2 aliphatic heterocycles. The number of nitrogens with zero attached hydrogens (tertiary/aromatic N) is 2. The summed E-state index contributed by atoms with van der Waals surface area (Å²) in [7, 11) is -3.13. The Labute approximate surface area is 141 Å². The van der Waals surface area contributed by atoms with Crippen LogP contribution in [0.4, 0.5) is 0 Å². The van der Waals surface area contributed by atoms with Gasteiger partial charge in [-0.3, -0.25) is 4.90 Å². The molecule has 0 aromatic carbocycles. The molecule has 2 atom stereocenters. The number of ether oxygens (including phenoxy) is 1. The molecule has 6 nitrogen and oxygen atoms in total. The molecule has 1 saturated carbocycles. The van der Waals surface area contributed by atoms with Crippen LogP contribution < -0.4 is 4.72 Å². The first kappa shape index (κ1) is 16.0. The number of hydrogen-bond acceptors (Lipinski definition) is 6. The van der Waals surface area contributed by atoms with E-state index in [2.05, 4.69) is 20.0 Å². The van der Waals surface area contributed by atoms with Crippen molar-refractivity contribution in [2.24, 2.45) is 11.3 Å². The van der Waals surface area contributed by atoms with E-state index >= 15 is 0 Å². The monoisotopic (exact) mass is 357 g/mol. The van der Waals surface area contributed by atoms with Gasteiger partial charge in [0.15, 0.2) is 0 Å². The zero-order valence-electron chi connectivity index (χ0n) is 13.3. The van der Waals surface area contributed by atoms with Crippen LogP contribution in [0.15, 0.2) is 5.38 Å². The highest BCUT2D eigenvalue weighted by molar-refractivity contribution is 7.90. The Hall–Kier alpha value is -0.540. The fourth-order valence-corrected chi connectivity index (χ4v) is 6.01. The maximum absolute atomic E-state index is 12.1. The molecule has 0 spiro atoms. The Morgan fingerprint density at radius 1 is 1.52 bits per heavy atom. The molecule has 1 N–H and O–H groups in total. The highest BCUT2D eigenvalue weighted by atomic mass is 32.2. The van der Waals surface area contributed by atoms with Gasteiger partial charge in [0.1, 0.15) is 5.01 Å². The summed E-state index contributed by atoms with van der Waals surface area (Å²) in [6.07, 6.45) is 1.61. The number of fused-ring (bicyclic) bond motifs is 1. The van der Waals surface area contributed by atoms with Crippen LogP contribution in [0.3, 0.4) is 0 Å². The van der Waals surface area contributed by atoms with E-state index in [4.69, 9.17) is 4.74 Å². The zero-order valence-corrected chi connectivity index (χ0v) is 15.0. The lowest BCUT2D eigenvalue weighted by molar-refractivity contribution is 0.128. The predicted molar refractivity (Wildman–Crippen MR) is 88.8 cm³/mol. The minimum atomic E-state index is -3.13. The third kappa shape index (κ3) is 3.19. The number of aromatic nitrogens is 1. The summed E-state index contributed by atoms with van der Waals surface area (Å²) >= 11 is 1.70. The summed E-state index contributed by atoms with van der Waals surface area (Å²) < 4.78 is 32.8. The number of nitrogens with one attached hydrogen (secondary N) is 1. The van der Waals surface area contributed by atoms with E-state index < -0.39 is 10.0 Å². The number of sulfonamides is 1. The van der Waals surface area contributed by atoms with Crippen molar-refractivity contribution in [2.75, 3.05) is 32.8 Å². The van der Waals surface area contributed by atoms with E-state index in [-0.39, 0.29) is 10.7 Å². The number of rotatable bonds is 6. The van der Waals surface area contributed by atoms with Crippen LogP contribution in [0, 0.1) is 18.3 Å². The summed E-state index contributed by atoms with van der Waals surface area (Å²) in [5.74, 6) is 0.408. The number of aryl methyl sites for hydroxylation is 1. The van der Waals surface area contributed by atoms with Crippen LogP contribution >= 0.6 is 11.3 Å². The molecule has 23 heavy (non-hydrogen) atoms. The van der Waals surface area contributed by atoms with Gasteiger partial charge in [-0.2, -0.15) is 0 Å². The summed E-state index contributed by atoms with van der Waals surface area (Å²) in [6.45, 7) is 6.60. The molecule has 1 aliphatic carbocycles. The molecule has 0 amide bonds. The molecular formula is C15H23N3O3S2. The third-order valence-corrected chi connectivity index (χ3v) is 8.05. The number of hydrogen-bond donors (Lipinski definition) is 1. The standard InChI is InChI=1S/C15H23N3O3S2/c1-11-7-22-14(17-11)5-18-4-12-6-21-10-15(12,9-18)8-16-23(19,20)13-2-3-13/h7,12-13,16H,2-6,8-10H2,1H3/t12-,15+/m1/s1. The first-order chi connectivity index (χ1) is 11.0. The van der Waals surface area contributed by atoms with Crippen molar-refractivity contribution >= 4 is 21.4 Å². The summed E-state index contributed by atoms with van der Waals surface area (Å²) in [6, 6.07) is 0. The molecule has 2 saturated heterocycles. The molecular weight excluding hydrogens is 334 g/mol. The Morgan fingerprint density at radius 3 is 3.04 bits per heavy atom. The first-order valence-corrected chi connectivity index (χ1v) is 10.6. The lowest BCUT2D eigenvalue weighted by Gasteiger charge is -2.27. The molecule has 0 bridgehead atoms. The fourth-order valence-electron chi connectivity index (χ4n) is 3.72. The van der Waals surface area contributed by atoms with Gasteiger partial charge in [0, 0.05) is 42.0 Å². The lowest BCUT2D eigenvalue weighted by atomic mass is 9.81. The maximum atomic E-state index is 12.1. The van der Waals surface area contributed by atoms with Crippen molar-refractivity contribution in [3.05, 3.63) is 16.1 Å². The normalized spacial score (nSPS) is 31.6. The minimum Gasteiger partial charge on any atom is -0.380 e. The van der Waals surface area contributed by atoms with Gasteiger partial charge in [0.25, 0.3) is 0 Å². The maximum Gasteiger partial charge on any atom is 0.214 e. The smallest absolute Gasteiger partial charge is 0.214 e. The number of likely N-dealkylation sites (tertiary alicyclic amines) is 1. The summed E-state index contributed by atoms with van der Waals surface area (Å²) in [5, 5.41) is 3.06. The molecule has 128 valence electrons. The van der Waals surface area contributed by atoms with Gasteiger partial charge in [-0.1, -0.05) is 0 Å². The number of thiazole rings is 1. The van der Waals surface area contributed by atoms with Gasteiger partial charge in [0.05, 0.1) is 25.0 Å². The Morgan fingerprint density at radius 2 is 2.35 bits per heavy atom. The van der Waals surface area contributed by atoms with Gasteiger partial charge in [-0.05, 0) is 19.8 Å². The van der Waals surface area contributed by atoms with Crippen molar-refractivity contribution in [3.63, 3.8) is 0 Å². The largest absolute Gasteiger partial charge is 0.380 e. The van der Waals surface area contributed by atoms with Gasteiger partial charge in [-0.25, -0.2) is 18.1 Å². The molecule has 0 radical (unpaired) electrons. The molecule has 3 fully saturated rings. The van der Waals surface area contributed by atoms with Crippen molar-refractivity contribution in [3.8, 4) is 0 Å². The third-order valence-electron chi connectivity index (χ3n) is 5.21. The van der Waals surface area contributed by atoms with Crippen molar-refractivity contribution in [2.45, 2.75) is 31.6 Å². The van der Waals surface area contributed by atoms with Gasteiger partial charge in [0.2, 0.25) is 10.0 Å². The first-order valence-electron chi connectivity index (χ1n) is 8.16. The van der Waals surface area contributed by atoms with Crippen LogP contribution in [0.2, 0.25) is 0 Å². The van der Waals surface area contributed by atoms with Crippen molar-refractivity contribution < 1.29 is 13.2 Å². The van der Waals surface area contributed by atoms with Crippen LogP contribution in [-0.4, -0.2) is 56.4 Å². The summed E-state index contributed by atoms with van der Waals surface area (Å²) in [5.41, 5.74) is 0.994. The SMILES string of the molecule is Cc1csc(CN2C[C@@H]3COC[C@]3(CNS(=O)(=O)C3CC3)C2)n1. The van der Waals surface area contributed by atoms with Gasteiger partial charge in [-0.15, -0.1) is 11.3 Å². The predicted octanol–water partition coefficient (Wildman–Crippen LogP) is 0.982. The molecule has 8 heteroatoms. The van der Waals surface area contributed by atoms with Crippen molar-refractivity contribution in [1.29, 1.82) is 0 Å². The highest BCUT2D eigenvalue weighted by Gasteiger charge is 2.51. The van der Waals surface area contributed by atoms with Gasteiger partial charge >= 0.3 is 0 Å². The second kappa shape index (κ2) is 5.77. The zero-order chi connectivity index (χ0) is 16.1. The lowest BCUT2D eigenvalue weighted by Crippen LogP contribution is -2.43. The van der Waals surface area contributed by atoms with Crippen LogP contribution in [0.25, 0.3) is 0 Å². The average Bonchev–Trinajstić information content (AvgIpc) is 3.07. The van der Waals surface area contributed by atoms with E-state index in [1.165, 1.54) is 0 Å². The minimum absolute atomic E-state index is 0.0751. The Bertz CT molecular complexity index is 686. The average molecular weight is 358 g/mol. The molecule has 3 heterocycles. The summed E-state index contributed by atoms with van der Waals surface area (Å²) in [4.78, 5) is 6.94. The molecule has 4 rings (SSSR count). The second-order valence-electron chi connectivity index (χ2n) is 7.19. The molecule has 3 aliphatic rings. The van der Waals surface area contributed by atoms with Gasteiger partial charge < -0.3 is 4.74 Å². The van der Waals surface area contributed by atoms with Crippen LogP contribution in [0.1, 0.15) is 23.5 Å². The van der Waals surface area contributed by atoms with E-state index in [1.807, 2.05) is 6.92 Å². The fraction of sp³-hybridized carbons (Fsp3) is 0.800. The Kier molecular flexibility index (Phi) is 4.00. The topological polar surface area (TPSA) is 71.5 Å². The molecule has 1 aromatic heterocycles. The van der Waals surface area contributed by atoms with Crippen LogP contribution in [-0.2, 0) is 21.3 Å². The van der Waals surface area contributed by atoms with E-state index in [1.54, 1.807) is 11.3 Å². The molecule has 0 unspecified atom stereocenters. The second-order valence-corrected chi connectivity index (χ2v) is 10.2. The van der Waals surface area contributed by atoms with E-state index in [0.717, 1.165) is 49.8 Å². The van der Waals surface area contributed by atoms with E-state index in [0.29, 0.717) is 19.1 Å². The highest BCUT2D eigenvalue weighted by Crippen LogP contribution is 2.42. The Balaban J connectivity index is 1.42. The van der Waals surface area contributed by atoms with E-state index in [9.17, 15) is 8.42 Å². The van der Waals surface area contributed by atoms with Crippen molar-refractivity contribution in [1.82, 2.24) is 14.6 Å². The van der Waals surface area contributed by atoms with Crippen LogP contribution in [0.5, 0.6) is 0 Å². The quantitative estimate of drug-likeness (QED) is 0.822. The molecule has 1 aromatic rings.